The van der Waals surface area contributed by atoms with E-state index in [9.17, 15) is 0 Å². The topological polar surface area (TPSA) is 9.86 Å². The Bertz CT molecular complexity index is 3310. The minimum Gasteiger partial charge on any atom is -0.309 e. The van der Waals surface area contributed by atoms with Crippen LogP contribution >= 0.6 is 0 Å². The number of fused-ring (bicyclic) bond motifs is 6. The summed E-state index contributed by atoms with van der Waals surface area (Å²) in [6, 6.07) is 71.6. The lowest BCUT2D eigenvalue weighted by atomic mass is 9.85. The summed E-state index contributed by atoms with van der Waals surface area (Å²) in [6.45, 7) is 0. The monoisotopic (exact) mass is 684 g/mol. The van der Waals surface area contributed by atoms with E-state index in [1.54, 1.807) is 0 Å². The first-order valence-corrected chi connectivity index (χ1v) is 18.7. The van der Waals surface area contributed by atoms with Crippen molar-refractivity contribution < 1.29 is 0 Å². The molecule has 250 valence electrons. The molecule has 0 saturated heterocycles. The fourth-order valence-electron chi connectivity index (χ4n) is 9.31. The summed E-state index contributed by atoms with van der Waals surface area (Å²) in [4.78, 5) is 0. The zero-order chi connectivity index (χ0) is 35.3. The SMILES string of the molecule is c1cc(-c2cc(-c3ccc(-n4c5ccccc5c5ccccc54)cc3)c3ccc4cccc5ccc2c3c45)cc(-n2c3ccccc3c3ccccc32)c1. The summed E-state index contributed by atoms with van der Waals surface area (Å²) in [7, 11) is 0. The van der Waals surface area contributed by atoms with Gasteiger partial charge < -0.3 is 9.13 Å². The number of aromatic nitrogens is 2. The van der Waals surface area contributed by atoms with Crippen molar-refractivity contribution in [2.75, 3.05) is 0 Å². The molecule has 0 saturated carbocycles. The van der Waals surface area contributed by atoms with Crippen LogP contribution in [0.2, 0.25) is 0 Å². The van der Waals surface area contributed by atoms with E-state index in [-0.39, 0.29) is 0 Å². The van der Waals surface area contributed by atoms with Gasteiger partial charge in [-0.25, -0.2) is 0 Å². The van der Waals surface area contributed by atoms with Crippen LogP contribution in [-0.2, 0) is 0 Å². The van der Waals surface area contributed by atoms with Crippen LogP contribution in [0.15, 0.2) is 194 Å². The molecule has 12 rings (SSSR count). The number of rotatable bonds is 4. The molecule has 0 fully saturated rings. The van der Waals surface area contributed by atoms with Gasteiger partial charge in [-0.2, -0.15) is 0 Å². The van der Waals surface area contributed by atoms with Crippen molar-refractivity contribution in [3.63, 3.8) is 0 Å². The lowest BCUT2D eigenvalue weighted by molar-refractivity contribution is 1.18. The molecule has 2 aromatic heterocycles. The highest BCUT2D eigenvalue weighted by Gasteiger charge is 2.19. The van der Waals surface area contributed by atoms with E-state index in [0.29, 0.717) is 0 Å². The Morgan fingerprint density at radius 1 is 0.259 bits per heavy atom. The third kappa shape index (κ3) is 4.11. The van der Waals surface area contributed by atoms with Crippen LogP contribution in [0, 0.1) is 0 Å². The van der Waals surface area contributed by atoms with Gasteiger partial charge in [0.15, 0.2) is 0 Å². The average Bonchev–Trinajstić information content (AvgIpc) is 3.76. The molecular weight excluding hydrogens is 653 g/mol. The van der Waals surface area contributed by atoms with E-state index < -0.39 is 0 Å². The summed E-state index contributed by atoms with van der Waals surface area (Å²) in [5, 5.41) is 12.8. The fraction of sp³-hybridized carbons (Fsp3) is 0. The smallest absolute Gasteiger partial charge is 0.0541 e. The van der Waals surface area contributed by atoms with Gasteiger partial charge in [0.1, 0.15) is 0 Å². The van der Waals surface area contributed by atoms with Crippen LogP contribution in [0.25, 0.3) is 110 Å². The molecule has 2 nitrogen and oxygen atoms in total. The van der Waals surface area contributed by atoms with Crippen LogP contribution in [0.5, 0.6) is 0 Å². The normalized spacial score (nSPS) is 12.1. The van der Waals surface area contributed by atoms with E-state index in [1.165, 1.54) is 98.2 Å². The molecule has 0 N–H and O–H groups in total. The van der Waals surface area contributed by atoms with Gasteiger partial charge in [0, 0.05) is 32.9 Å². The Balaban J connectivity index is 1.09. The minimum atomic E-state index is 1.16. The molecule has 0 radical (unpaired) electrons. The lowest BCUT2D eigenvalue weighted by Gasteiger charge is -2.19. The predicted octanol–water partition coefficient (Wildman–Crippen LogP) is 14.1. The van der Waals surface area contributed by atoms with Crippen molar-refractivity contribution in [2.45, 2.75) is 0 Å². The minimum absolute atomic E-state index is 1.16. The molecule has 12 aromatic rings. The van der Waals surface area contributed by atoms with Gasteiger partial charge in [-0.05, 0) is 109 Å². The van der Waals surface area contributed by atoms with Crippen molar-refractivity contribution in [2.24, 2.45) is 0 Å². The van der Waals surface area contributed by atoms with Gasteiger partial charge >= 0.3 is 0 Å². The van der Waals surface area contributed by atoms with Crippen molar-refractivity contribution >= 4 is 75.9 Å². The Morgan fingerprint density at radius 2 is 0.722 bits per heavy atom. The van der Waals surface area contributed by atoms with E-state index in [0.717, 1.165) is 11.4 Å². The Kier molecular flexibility index (Phi) is 6.09. The summed E-state index contributed by atoms with van der Waals surface area (Å²) in [6.07, 6.45) is 0. The third-order valence-corrected chi connectivity index (χ3v) is 11.7. The van der Waals surface area contributed by atoms with Crippen LogP contribution < -0.4 is 0 Å². The van der Waals surface area contributed by atoms with Crippen LogP contribution in [0.3, 0.4) is 0 Å². The van der Waals surface area contributed by atoms with E-state index >= 15 is 0 Å². The second-order valence-corrected chi connectivity index (χ2v) is 14.5. The molecule has 0 aliphatic heterocycles. The van der Waals surface area contributed by atoms with Gasteiger partial charge in [-0.15, -0.1) is 0 Å². The maximum Gasteiger partial charge on any atom is 0.0541 e. The van der Waals surface area contributed by atoms with E-state index in [4.69, 9.17) is 0 Å². The first kappa shape index (κ1) is 29.4. The maximum absolute atomic E-state index is 2.43. The molecule has 2 heterocycles. The van der Waals surface area contributed by atoms with Crippen LogP contribution in [-0.4, -0.2) is 9.13 Å². The summed E-state index contributed by atoms with van der Waals surface area (Å²) >= 11 is 0. The molecule has 2 heteroatoms. The number of hydrogen-bond acceptors (Lipinski definition) is 0. The number of benzene rings is 10. The number of para-hydroxylation sites is 4. The first-order valence-electron chi connectivity index (χ1n) is 18.7. The fourth-order valence-corrected chi connectivity index (χ4v) is 9.31. The summed E-state index contributed by atoms with van der Waals surface area (Å²) in [5.41, 5.74) is 12.1. The second kappa shape index (κ2) is 11.2. The Hall–Kier alpha value is -7.16. The highest BCUT2D eigenvalue weighted by molar-refractivity contribution is 6.28. The quantitative estimate of drug-likeness (QED) is 0.163. The standard InChI is InChI=1S/C52H32N2/c1-5-19-47-39(15-1)40-16-2-6-20-48(40)53(47)37-27-23-33(24-28-37)45-32-46(44-30-26-35-12-9-11-34-25-29-43(45)52(44)51(34)35)36-13-10-14-38(31-36)54-49-21-7-3-17-41(49)42-18-4-8-22-50(42)54/h1-32H. The molecular formula is C52H32N2. The molecule has 0 amide bonds. The highest BCUT2D eigenvalue weighted by atomic mass is 15.0. The molecule has 0 atom stereocenters. The van der Waals surface area contributed by atoms with Crippen LogP contribution in [0.1, 0.15) is 0 Å². The van der Waals surface area contributed by atoms with E-state index in [2.05, 4.69) is 203 Å². The molecule has 0 aliphatic rings. The first-order chi connectivity index (χ1) is 26.8. The van der Waals surface area contributed by atoms with Crippen molar-refractivity contribution in [1.29, 1.82) is 0 Å². The van der Waals surface area contributed by atoms with Gasteiger partial charge in [0.25, 0.3) is 0 Å². The third-order valence-electron chi connectivity index (χ3n) is 11.7. The zero-order valence-corrected chi connectivity index (χ0v) is 29.4. The highest BCUT2D eigenvalue weighted by Crippen LogP contribution is 2.45. The molecule has 54 heavy (non-hydrogen) atoms. The largest absolute Gasteiger partial charge is 0.309 e. The van der Waals surface area contributed by atoms with Gasteiger partial charge in [-0.3, -0.25) is 0 Å². The van der Waals surface area contributed by atoms with Crippen molar-refractivity contribution in [3.8, 4) is 33.6 Å². The van der Waals surface area contributed by atoms with Gasteiger partial charge in [-0.1, -0.05) is 140 Å². The lowest BCUT2D eigenvalue weighted by Crippen LogP contribution is -1.96. The zero-order valence-electron chi connectivity index (χ0n) is 29.4. The average molecular weight is 685 g/mol. The Morgan fingerprint density at radius 3 is 1.26 bits per heavy atom. The Labute approximate surface area is 311 Å². The van der Waals surface area contributed by atoms with Crippen molar-refractivity contribution in [3.05, 3.63) is 194 Å². The second-order valence-electron chi connectivity index (χ2n) is 14.5. The van der Waals surface area contributed by atoms with Gasteiger partial charge in [0.05, 0.1) is 22.1 Å². The number of hydrogen-bond donors (Lipinski definition) is 0. The summed E-state index contributed by atoms with van der Waals surface area (Å²) in [5.74, 6) is 0. The molecule has 0 aliphatic carbocycles. The predicted molar refractivity (Wildman–Crippen MR) is 230 cm³/mol. The molecule has 0 unspecified atom stereocenters. The molecule has 0 bridgehead atoms. The molecule has 10 aromatic carbocycles. The summed E-state index contributed by atoms with van der Waals surface area (Å²) < 4.78 is 4.81. The van der Waals surface area contributed by atoms with Crippen molar-refractivity contribution in [1.82, 2.24) is 9.13 Å². The number of nitrogens with zero attached hydrogens (tertiary/aromatic N) is 2. The van der Waals surface area contributed by atoms with Gasteiger partial charge in [0.2, 0.25) is 0 Å². The molecule has 0 spiro atoms. The van der Waals surface area contributed by atoms with Crippen LogP contribution in [0.4, 0.5) is 0 Å². The van der Waals surface area contributed by atoms with E-state index in [1.807, 2.05) is 0 Å². The maximum atomic E-state index is 2.43.